The van der Waals surface area contributed by atoms with Crippen molar-refractivity contribution < 1.29 is 38.1 Å². The van der Waals surface area contributed by atoms with Crippen LogP contribution in [-0.2, 0) is 28.5 Å². The van der Waals surface area contributed by atoms with Gasteiger partial charge in [-0.25, -0.2) is 19.2 Å². The second-order valence-corrected chi connectivity index (χ2v) is 6.35. The summed E-state index contributed by atoms with van der Waals surface area (Å²) in [5, 5.41) is 0. The SMILES string of the molecule is C=Cc1ccc(C(=O)O[C@@H](C(=O)OC)[C@@H](OC(=O)c2ccc(C=C)cc2)C(=O)OC)cc1. The Morgan fingerprint density at radius 2 is 0.969 bits per heavy atom. The van der Waals surface area contributed by atoms with Crippen molar-refractivity contribution in [1.82, 2.24) is 0 Å². The van der Waals surface area contributed by atoms with E-state index in [9.17, 15) is 19.2 Å². The molecular weight excluding hydrogens is 416 g/mol. The van der Waals surface area contributed by atoms with Crippen molar-refractivity contribution in [2.75, 3.05) is 14.2 Å². The smallest absolute Gasteiger partial charge is 0.351 e. The van der Waals surface area contributed by atoms with E-state index in [-0.39, 0.29) is 11.1 Å². The lowest BCUT2D eigenvalue weighted by Gasteiger charge is -2.23. The Kier molecular flexibility index (Phi) is 8.47. The number of esters is 4. The van der Waals surface area contributed by atoms with Crippen LogP contribution in [0.25, 0.3) is 12.2 Å². The van der Waals surface area contributed by atoms with Gasteiger partial charge in [0, 0.05) is 0 Å². The maximum absolute atomic E-state index is 12.6. The van der Waals surface area contributed by atoms with Gasteiger partial charge in [0.2, 0.25) is 12.2 Å². The van der Waals surface area contributed by atoms with Crippen LogP contribution in [0.1, 0.15) is 31.8 Å². The van der Waals surface area contributed by atoms with Crippen LogP contribution in [0, 0.1) is 0 Å². The largest absolute Gasteiger partial charge is 0.466 e. The van der Waals surface area contributed by atoms with Crippen LogP contribution in [0.3, 0.4) is 0 Å². The first kappa shape index (κ1) is 24.1. The highest BCUT2D eigenvalue weighted by atomic mass is 16.6. The minimum absolute atomic E-state index is 0.0967. The molecule has 0 N–H and O–H groups in total. The van der Waals surface area contributed by atoms with E-state index >= 15 is 0 Å². The van der Waals surface area contributed by atoms with Gasteiger partial charge in [-0.15, -0.1) is 0 Å². The minimum Gasteiger partial charge on any atom is -0.466 e. The van der Waals surface area contributed by atoms with E-state index < -0.39 is 36.1 Å². The van der Waals surface area contributed by atoms with E-state index in [1.165, 1.54) is 24.3 Å². The first-order valence-corrected chi connectivity index (χ1v) is 9.37. The van der Waals surface area contributed by atoms with Gasteiger partial charge in [-0.3, -0.25) is 0 Å². The molecule has 32 heavy (non-hydrogen) atoms. The molecular formula is C24H22O8. The van der Waals surface area contributed by atoms with Crippen LogP contribution in [0.15, 0.2) is 61.7 Å². The molecule has 2 rings (SSSR count). The van der Waals surface area contributed by atoms with Crippen LogP contribution >= 0.6 is 0 Å². The highest BCUT2D eigenvalue weighted by Gasteiger charge is 2.42. The predicted molar refractivity (Wildman–Crippen MR) is 116 cm³/mol. The third-order valence-corrected chi connectivity index (χ3v) is 4.37. The molecule has 0 amide bonds. The Labute approximate surface area is 185 Å². The van der Waals surface area contributed by atoms with E-state index in [0.29, 0.717) is 0 Å². The van der Waals surface area contributed by atoms with Gasteiger partial charge in [0.15, 0.2) is 0 Å². The summed E-state index contributed by atoms with van der Waals surface area (Å²) >= 11 is 0. The highest BCUT2D eigenvalue weighted by molar-refractivity contribution is 5.96. The van der Waals surface area contributed by atoms with E-state index in [1.54, 1.807) is 36.4 Å². The summed E-state index contributed by atoms with van der Waals surface area (Å²) in [6, 6.07) is 12.3. The molecule has 0 radical (unpaired) electrons. The fourth-order valence-electron chi connectivity index (χ4n) is 2.58. The normalized spacial score (nSPS) is 11.9. The second kappa shape index (κ2) is 11.3. The van der Waals surface area contributed by atoms with Crippen molar-refractivity contribution in [2.45, 2.75) is 12.2 Å². The first-order chi connectivity index (χ1) is 15.3. The monoisotopic (exact) mass is 438 g/mol. The Balaban J connectivity index is 2.30. The quantitative estimate of drug-likeness (QED) is 0.435. The lowest BCUT2D eigenvalue weighted by atomic mass is 10.1. The van der Waals surface area contributed by atoms with Crippen LogP contribution in [0.4, 0.5) is 0 Å². The van der Waals surface area contributed by atoms with Crippen molar-refractivity contribution in [3.63, 3.8) is 0 Å². The molecule has 0 heterocycles. The Morgan fingerprint density at radius 3 is 1.22 bits per heavy atom. The molecule has 0 aliphatic heterocycles. The van der Waals surface area contributed by atoms with Crippen molar-refractivity contribution >= 4 is 36.0 Å². The number of hydrogen-bond acceptors (Lipinski definition) is 8. The summed E-state index contributed by atoms with van der Waals surface area (Å²) in [7, 11) is 2.07. The highest BCUT2D eigenvalue weighted by Crippen LogP contribution is 2.16. The second-order valence-electron chi connectivity index (χ2n) is 6.35. The van der Waals surface area contributed by atoms with Gasteiger partial charge in [0.1, 0.15) is 0 Å². The fourth-order valence-corrected chi connectivity index (χ4v) is 2.58. The summed E-state index contributed by atoms with van der Waals surface area (Å²) in [6.07, 6.45) is -0.618. The molecule has 0 aromatic heterocycles. The van der Waals surface area contributed by atoms with E-state index in [4.69, 9.17) is 9.47 Å². The number of carbonyl (C=O) groups is 4. The van der Waals surface area contributed by atoms with Gasteiger partial charge in [-0.05, 0) is 35.4 Å². The molecule has 0 aliphatic rings. The summed E-state index contributed by atoms with van der Waals surface area (Å²) in [5.74, 6) is -4.08. The standard InChI is InChI=1S/C24H22O8/c1-5-15-7-11-17(12-8-15)21(25)31-19(23(27)29-3)20(24(28)30-4)32-22(26)18-13-9-16(6-2)10-14-18/h5-14,19-20H,1-2H2,3-4H3/t19-,20-/m1/s1. The zero-order chi connectivity index (χ0) is 23.7. The molecule has 2 atom stereocenters. The molecule has 0 unspecified atom stereocenters. The molecule has 0 bridgehead atoms. The van der Waals surface area contributed by atoms with E-state index in [1.807, 2.05) is 0 Å². The molecule has 2 aromatic rings. The molecule has 0 fully saturated rings. The topological polar surface area (TPSA) is 105 Å². The zero-order valence-electron chi connectivity index (χ0n) is 17.6. The summed E-state index contributed by atoms with van der Waals surface area (Å²) in [6.45, 7) is 7.24. The summed E-state index contributed by atoms with van der Waals surface area (Å²) in [4.78, 5) is 49.8. The Morgan fingerprint density at radius 1 is 0.656 bits per heavy atom. The van der Waals surface area contributed by atoms with Crippen molar-refractivity contribution in [2.24, 2.45) is 0 Å². The molecule has 0 saturated heterocycles. The summed E-state index contributed by atoms with van der Waals surface area (Å²) < 4.78 is 19.7. The van der Waals surface area contributed by atoms with Crippen LogP contribution in [-0.4, -0.2) is 50.3 Å². The van der Waals surface area contributed by atoms with Gasteiger partial charge in [0.25, 0.3) is 0 Å². The molecule has 2 aromatic carbocycles. The molecule has 166 valence electrons. The van der Waals surface area contributed by atoms with Gasteiger partial charge < -0.3 is 18.9 Å². The number of benzene rings is 2. The molecule has 8 nitrogen and oxygen atoms in total. The molecule has 0 spiro atoms. The lowest BCUT2D eigenvalue weighted by Crippen LogP contribution is -2.47. The number of rotatable bonds is 9. The molecule has 0 saturated carbocycles. The maximum Gasteiger partial charge on any atom is 0.351 e. The lowest BCUT2D eigenvalue weighted by molar-refractivity contribution is -0.170. The predicted octanol–water partition coefficient (Wildman–Crippen LogP) is 3.07. The fraction of sp³-hybridized carbons (Fsp3) is 0.167. The van der Waals surface area contributed by atoms with Crippen LogP contribution in [0.2, 0.25) is 0 Å². The minimum atomic E-state index is -1.89. The van der Waals surface area contributed by atoms with Crippen molar-refractivity contribution in [1.29, 1.82) is 0 Å². The average Bonchev–Trinajstić information content (AvgIpc) is 2.84. The van der Waals surface area contributed by atoms with Crippen molar-refractivity contribution in [3.8, 4) is 0 Å². The Hall–Kier alpha value is -4.20. The average molecular weight is 438 g/mol. The Bertz CT molecular complexity index is 922. The van der Waals surface area contributed by atoms with Gasteiger partial charge in [-0.1, -0.05) is 49.6 Å². The zero-order valence-corrected chi connectivity index (χ0v) is 17.6. The number of methoxy groups -OCH3 is 2. The van der Waals surface area contributed by atoms with Crippen molar-refractivity contribution in [3.05, 3.63) is 83.9 Å². The number of carbonyl (C=O) groups excluding carboxylic acids is 4. The third kappa shape index (κ3) is 5.91. The maximum atomic E-state index is 12.6. The van der Waals surface area contributed by atoms with E-state index in [0.717, 1.165) is 25.3 Å². The molecule has 8 heteroatoms. The van der Waals surface area contributed by atoms with Gasteiger partial charge in [0.05, 0.1) is 25.3 Å². The number of hydrogen-bond donors (Lipinski definition) is 0. The summed E-state index contributed by atoms with van der Waals surface area (Å²) in [5.41, 5.74) is 1.71. The number of ether oxygens (including phenoxy) is 4. The van der Waals surface area contributed by atoms with Gasteiger partial charge in [-0.2, -0.15) is 0 Å². The van der Waals surface area contributed by atoms with Gasteiger partial charge >= 0.3 is 23.9 Å². The van der Waals surface area contributed by atoms with E-state index in [2.05, 4.69) is 22.6 Å². The third-order valence-electron chi connectivity index (χ3n) is 4.37. The molecule has 0 aliphatic carbocycles. The van der Waals surface area contributed by atoms with Crippen LogP contribution < -0.4 is 0 Å². The van der Waals surface area contributed by atoms with Crippen LogP contribution in [0.5, 0.6) is 0 Å². The first-order valence-electron chi connectivity index (χ1n) is 9.37.